The maximum atomic E-state index is 6.68. The van der Waals surface area contributed by atoms with Crippen LogP contribution in [0.5, 0.6) is 11.5 Å². The Morgan fingerprint density at radius 2 is 1.05 bits per heavy atom. The first kappa shape index (κ1) is 34.9. The van der Waals surface area contributed by atoms with Crippen LogP contribution >= 0.6 is 0 Å². The van der Waals surface area contributed by atoms with E-state index < -0.39 is 0 Å². The van der Waals surface area contributed by atoms with E-state index >= 15 is 0 Å². The number of fused-ring (bicyclic) bond motifs is 12. The SMILES string of the molecule is Cc1cc(C)c(-c2cnc3c4[c-]c(Oc5[c-]c6c(cc5)c5ccccc5n5c(-c7ccccc7)c(-c7ccccc7)nc65)ccc4c4ccccc4n23)c(C)c1.[Pt+2]. The fourth-order valence-corrected chi connectivity index (χ4v) is 8.80. The van der Waals surface area contributed by atoms with Crippen LogP contribution in [0.3, 0.4) is 0 Å². The molecule has 0 unspecified atom stereocenters. The van der Waals surface area contributed by atoms with Crippen molar-refractivity contribution >= 4 is 54.6 Å². The molecule has 0 fully saturated rings. The van der Waals surface area contributed by atoms with Crippen molar-refractivity contribution < 1.29 is 25.8 Å². The molecule has 0 bridgehead atoms. The zero-order valence-corrected chi connectivity index (χ0v) is 33.7. The van der Waals surface area contributed by atoms with Gasteiger partial charge < -0.3 is 13.5 Å². The van der Waals surface area contributed by atoms with Gasteiger partial charge in [-0.3, -0.25) is 9.97 Å². The molecule has 7 aromatic carbocycles. The number of aromatic nitrogens is 4. The zero-order chi connectivity index (χ0) is 37.5. The van der Waals surface area contributed by atoms with E-state index in [1.54, 1.807) is 0 Å². The number of rotatable bonds is 5. The molecular weight excluding hydrogens is 880 g/mol. The molecule has 11 rings (SSSR count). The Hall–Kier alpha value is -6.55. The molecule has 0 spiro atoms. The molecule has 0 radical (unpaired) electrons. The molecule has 274 valence electrons. The van der Waals surface area contributed by atoms with E-state index in [0.29, 0.717) is 11.5 Å². The number of imidazole rings is 2. The summed E-state index contributed by atoms with van der Waals surface area (Å²) in [6.45, 7) is 6.51. The summed E-state index contributed by atoms with van der Waals surface area (Å²) < 4.78 is 11.2. The van der Waals surface area contributed by atoms with E-state index in [-0.39, 0.29) is 21.1 Å². The number of benzene rings is 7. The van der Waals surface area contributed by atoms with Crippen molar-refractivity contribution in [2.45, 2.75) is 20.8 Å². The first-order valence-electron chi connectivity index (χ1n) is 18.9. The minimum atomic E-state index is 0. The van der Waals surface area contributed by atoms with Gasteiger partial charge >= 0.3 is 21.1 Å². The van der Waals surface area contributed by atoms with Crippen LogP contribution in [-0.2, 0) is 21.1 Å². The number of aryl methyl sites for hydroxylation is 3. The first-order chi connectivity index (χ1) is 27.5. The quantitative estimate of drug-likeness (QED) is 0.128. The van der Waals surface area contributed by atoms with Crippen molar-refractivity contribution in [1.82, 2.24) is 18.8 Å². The molecule has 0 saturated heterocycles. The van der Waals surface area contributed by atoms with Gasteiger partial charge in [-0.05, 0) is 60.4 Å². The van der Waals surface area contributed by atoms with Crippen LogP contribution in [-0.4, -0.2) is 18.8 Å². The summed E-state index contributed by atoms with van der Waals surface area (Å²) in [7, 11) is 0. The van der Waals surface area contributed by atoms with Crippen LogP contribution in [0.15, 0.2) is 152 Å². The molecule has 0 aliphatic rings. The Balaban J connectivity index is 0.00000396. The second-order valence-electron chi connectivity index (χ2n) is 14.6. The topological polar surface area (TPSA) is 43.8 Å². The number of nitrogens with zero attached hydrogens (tertiary/aromatic N) is 4. The molecule has 0 saturated carbocycles. The van der Waals surface area contributed by atoms with E-state index in [9.17, 15) is 0 Å². The summed E-state index contributed by atoms with van der Waals surface area (Å²) in [4.78, 5) is 10.4. The summed E-state index contributed by atoms with van der Waals surface area (Å²) in [5.74, 6) is 1.18. The van der Waals surface area contributed by atoms with E-state index in [1.807, 2.05) is 24.4 Å². The van der Waals surface area contributed by atoms with E-state index in [2.05, 4.69) is 169 Å². The summed E-state index contributed by atoms with van der Waals surface area (Å²) in [6, 6.07) is 58.0. The number of para-hydroxylation sites is 2. The third-order valence-electron chi connectivity index (χ3n) is 11.0. The van der Waals surface area contributed by atoms with Gasteiger partial charge in [-0.25, -0.2) is 0 Å². The van der Waals surface area contributed by atoms with Gasteiger partial charge in [0.1, 0.15) is 0 Å². The molecule has 4 heterocycles. The summed E-state index contributed by atoms with van der Waals surface area (Å²) in [5, 5.41) is 6.17. The minimum Gasteiger partial charge on any atom is -0.497 e. The Morgan fingerprint density at radius 1 is 0.526 bits per heavy atom. The smallest absolute Gasteiger partial charge is 0.497 e. The summed E-state index contributed by atoms with van der Waals surface area (Å²) in [6.07, 6.45) is 2.00. The molecule has 5 nitrogen and oxygen atoms in total. The summed E-state index contributed by atoms with van der Waals surface area (Å²) in [5.41, 5.74) is 13.9. The number of ether oxygens (including phenoxy) is 1. The van der Waals surface area contributed by atoms with E-state index in [0.717, 1.165) is 82.9 Å². The zero-order valence-electron chi connectivity index (χ0n) is 31.4. The van der Waals surface area contributed by atoms with E-state index in [1.165, 1.54) is 22.3 Å². The predicted molar refractivity (Wildman–Crippen MR) is 229 cm³/mol. The van der Waals surface area contributed by atoms with Crippen LogP contribution in [0.4, 0.5) is 0 Å². The van der Waals surface area contributed by atoms with Gasteiger partial charge in [-0.1, -0.05) is 161 Å². The number of hydrogen-bond donors (Lipinski definition) is 0. The summed E-state index contributed by atoms with van der Waals surface area (Å²) >= 11 is 0. The van der Waals surface area contributed by atoms with E-state index in [4.69, 9.17) is 14.7 Å². The van der Waals surface area contributed by atoms with Gasteiger partial charge in [0.05, 0.1) is 28.4 Å². The third kappa shape index (κ3) is 5.49. The van der Waals surface area contributed by atoms with Crippen molar-refractivity contribution in [3.63, 3.8) is 0 Å². The molecule has 0 aliphatic heterocycles. The second-order valence-corrected chi connectivity index (χ2v) is 14.6. The van der Waals surface area contributed by atoms with Crippen LogP contribution in [0.25, 0.3) is 88.4 Å². The molecule has 11 aromatic rings. The molecule has 4 aromatic heterocycles. The molecule has 0 aliphatic carbocycles. The molecule has 6 heteroatoms. The maximum Gasteiger partial charge on any atom is 2.00 e. The predicted octanol–water partition coefficient (Wildman–Crippen LogP) is 12.9. The Morgan fingerprint density at radius 3 is 1.67 bits per heavy atom. The van der Waals surface area contributed by atoms with Crippen molar-refractivity contribution in [2.75, 3.05) is 0 Å². The van der Waals surface area contributed by atoms with Crippen LogP contribution < -0.4 is 4.74 Å². The fraction of sp³-hybridized carbons (Fsp3) is 0.0588. The van der Waals surface area contributed by atoms with Gasteiger partial charge in [0.25, 0.3) is 0 Å². The van der Waals surface area contributed by atoms with Crippen LogP contribution in [0, 0.1) is 32.9 Å². The second kappa shape index (κ2) is 13.6. The average molecular weight is 914 g/mol. The molecular formula is C51H34N4OPt. The third-order valence-corrected chi connectivity index (χ3v) is 11.0. The van der Waals surface area contributed by atoms with Crippen LogP contribution in [0.1, 0.15) is 16.7 Å². The Bertz CT molecular complexity index is 3340. The molecule has 0 N–H and O–H groups in total. The monoisotopic (exact) mass is 913 g/mol. The first-order valence-corrected chi connectivity index (χ1v) is 18.9. The van der Waals surface area contributed by atoms with Gasteiger partial charge in [0.15, 0.2) is 0 Å². The van der Waals surface area contributed by atoms with Gasteiger partial charge in [-0.15, -0.1) is 12.1 Å². The molecule has 57 heavy (non-hydrogen) atoms. The number of pyridine rings is 2. The maximum absolute atomic E-state index is 6.68. The van der Waals surface area contributed by atoms with Gasteiger partial charge in [-0.2, -0.15) is 0 Å². The molecule has 0 amide bonds. The van der Waals surface area contributed by atoms with Gasteiger partial charge in [0, 0.05) is 39.9 Å². The Labute approximate surface area is 344 Å². The van der Waals surface area contributed by atoms with Crippen molar-refractivity contribution in [2.24, 2.45) is 0 Å². The Kier molecular flexibility index (Phi) is 8.32. The normalized spacial score (nSPS) is 11.6. The van der Waals surface area contributed by atoms with Gasteiger partial charge in [0.2, 0.25) is 0 Å². The fourth-order valence-electron chi connectivity index (χ4n) is 8.80. The minimum absolute atomic E-state index is 0. The van der Waals surface area contributed by atoms with Crippen LogP contribution in [0.2, 0.25) is 0 Å². The van der Waals surface area contributed by atoms with Crippen molar-refractivity contribution in [3.05, 3.63) is 181 Å². The molecule has 0 atom stereocenters. The standard InChI is InChI=1S/C51H34N4O.Pt/c1-31-26-32(2)47(33(3)27-31)46-30-52-50-42-28-36(22-24-38(42)40-18-10-12-20-44(40)54(46)50)56-37-23-25-39-41-19-11-13-21-45(41)55-49(35-16-8-5-9-17-35)48(34-14-6-4-7-15-34)53-51(55)43(39)29-37;/h4-27,30H,1-3H3;/q-2;+2. The number of hydrogen-bond acceptors (Lipinski definition) is 3. The van der Waals surface area contributed by atoms with Crippen molar-refractivity contribution in [3.8, 4) is 45.3 Å². The average Bonchev–Trinajstić information content (AvgIpc) is 3.85. The van der Waals surface area contributed by atoms with Crippen molar-refractivity contribution in [1.29, 1.82) is 0 Å². The largest absolute Gasteiger partial charge is 2.00 e.